The van der Waals surface area contributed by atoms with Crippen molar-refractivity contribution in [2.75, 3.05) is 6.54 Å². The number of carbonyl (C=O) groups is 1. The van der Waals surface area contributed by atoms with E-state index in [0.717, 1.165) is 36.6 Å². The molecule has 1 saturated carbocycles. The first kappa shape index (κ1) is 14.1. The van der Waals surface area contributed by atoms with Gasteiger partial charge in [-0.1, -0.05) is 38.0 Å². The molecule has 1 aliphatic carbocycles. The summed E-state index contributed by atoms with van der Waals surface area (Å²) in [6, 6.07) is 9.65. The number of benzene rings is 1. The topological polar surface area (TPSA) is 65.1 Å². The van der Waals surface area contributed by atoms with Crippen LogP contribution in [0.25, 0.3) is 10.9 Å². The van der Waals surface area contributed by atoms with E-state index in [1.54, 1.807) is 0 Å². The van der Waals surface area contributed by atoms with E-state index in [0.29, 0.717) is 18.2 Å². The Morgan fingerprint density at radius 1 is 1.48 bits per heavy atom. The molecule has 3 rings (SSSR count). The Morgan fingerprint density at radius 2 is 2.29 bits per heavy atom. The van der Waals surface area contributed by atoms with Crippen molar-refractivity contribution in [3.63, 3.8) is 0 Å². The molecule has 21 heavy (non-hydrogen) atoms. The van der Waals surface area contributed by atoms with Crippen molar-refractivity contribution in [1.82, 2.24) is 10.3 Å². The summed E-state index contributed by atoms with van der Waals surface area (Å²) in [7, 11) is 0. The van der Waals surface area contributed by atoms with Crippen LogP contribution in [0.15, 0.2) is 30.3 Å². The van der Waals surface area contributed by atoms with Gasteiger partial charge in [-0.2, -0.15) is 0 Å². The molecule has 1 aliphatic rings. The highest BCUT2D eigenvalue weighted by molar-refractivity contribution is 5.97. The molecular weight excluding hydrogens is 264 g/mol. The third kappa shape index (κ3) is 3.10. The summed E-state index contributed by atoms with van der Waals surface area (Å²) in [5.74, 6) is 0.367. The molecule has 1 amide bonds. The van der Waals surface area contributed by atoms with Crippen molar-refractivity contribution < 1.29 is 9.90 Å². The quantitative estimate of drug-likeness (QED) is 0.812. The Labute approximate surface area is 124 Å². The van der Waals surface area contributed by atoms with Crippen LogP contribution < -0.4 is 5.32 Å². The summed E-state index contributed by atoms with van der Waals surface area (Å²) >= 11 is 0. The van der Waals surface area contributed by atoms with Gasteiger partial charge in [-0.25, -0.2) is 0 Å². The molecule has 0 aliphatic heterocycles. The zero-order valence-corrected chi connectivity index (χ0v) is 12.4. The molecule has 112 valence electrons. The van der Waals surface area contributed by atoms with Crippen molar-refractivity contribution in [1.29, 1.82) is 0 Å². The second-order valence-corrected chi connectivity index (χ2v) is 6.38. The fourth-order valence-corrected chi connectivity index (χ4v) is 3.33. The number of aliphatic hydroxyl groups is 1. The molecule has 3 N–H and O–H groups in total. The van der Waals surface area contributed by atoms with E-state index in [9.17, 15) is 9.90 Å². The molecule has 0 radical (unpaired) electrons. The Bertz CT molecular complexity index is 616. The highest BCUT2D eigenvalue weighted by Gasteiger charge is 2.32. The van der Waals surface area contributed by atoms with Crippen molar-refractivity contribution in [2.45, 2.75) is 38.2 Å². The molecule has 0 bridgehead atoms. The fraction of sp³-hybridized carbons (Fsp3) is 0.471. The first-order valence-electron chi connectivity index (χ1n) is 7.64. The van der Waals surface area contributed by atoms with E-state index in [-0.39, 0.29) is 5.91 Å². The van der Waals surface area contributed by atoms with Crippen LogP contribution >= 0.6 is 0 Å². The summed E-state index contributed by atoms with van der Waals surface area (Å²) in [6.45, 7) is 2.48. The van der Waals surface area contributed by atoms with Crippen LogP contribution in [0.2, 0.25) is 0 Å². The minimum atomic E-state index is -0.751. The van der Waals surface area contributed by atoms with Gasteiger partial charge in [0.25, 0.3) is 5.91 Å². The predicted octanol–water partition coefficient (Wildman–Crippen LogP) is 2.84. The zero-order chi connectivity index (χ0) is 14.9. The third-order valence-electron chi connectivity index (χ3n) is 4.42. The smallest absolute Gasteiger partial charge is 0.267 e. The predicted molar refractivity (Wildman–Crippen MR) is 83.2 cm³/mol. The van der Waals surface area contributed by atoms with Gasteiger partial charge >= 0.3 is 0 Å². The lowest BCUT2D eigenvalue weighted by Crippen LogP contribution is -2.45. The normalized spacial score (nSPS) is 25.9. The first-order valence-corrected chi connectivity index (χ1v) is 7.64. The molecule has 2 aromatic rings. The highest BCUT2D eigenvalue weighted by Crippen LogP contribution is 2.31. The second kappa shape index (κ2) is 5.53. The third-order valence-corrected chi connectivity index (χ3v) is 4.42. The van der Waals surface area contributed by atoms with E-state index in [2.05, 4.69) is 17.2 Å². The largest absolute Gasteiger partial charge is 0.388 e. The van der Waals surface area contributed by atoms with E-state index < -0.39 is 5.60 Å². The summed E-state index contributed by atoms with van der Waals surface area (Å²) in [5, 5.41) is 14.4. The molecule has 1 heterocycles. The maximum Gasteiger partial charge on any atom is 0.267 e. The van der Waals surface area contributed by atoms with Gasteiger partial charge in [0.05, 0.1) is 5.60 Å². The van der Waals surface area contributed by atoms with Crippen molar-refractivity contribution in [3.8, 4) is 0 Å². The van der Waals surface area contributed by atoms with Crippen LogP contribution in [0.3, 0.4) is 0 Å². The van der Waals surface area contributed by atoms with Crippen LogP contribution in [0.4, 0.5) is 0 Å². The van der Waals surface area contributed by atoms with Gasteiger partial charge in [0.2, 0.25) is 0 Å². The van der Waals surface area contributed by atoms with E-state index in [1.807, 2.05) is 30.3 Å². The lowest BCUT2D eigenvalue weighted by molar-refractivity contribution is -0.0109. The van der Waals surface area contributed by atoms with Crippen molar-refractivity contribution in [3.05, 3.63) is 36.0 Å². The maximum absolute atomic E-state index is 12.2. The van der Waals surface area contributed by atoms with Crippen LogP contribution in [0, 0.1) is 5.92 Å². The summed E-state index contributed by atoms with van der Waals surface area (Å²) in [6.07, 6.45) is 3.72. The molecule has 4 heteroatoms. The van der Waals surface area contributed by atoms with Crippen LogP contribution in [-0.2, 0) is 0 Å². The minimum Gasteiger partial charge on any atom is -0.388 e. The SMILES string of the molecule is CC1CCCC(O)(CNC(=O)c2cc3ccccc3[nH]2)C1. The number of aromatic amines is 1. The molecule has 0 spiro atoms. The van der Waals surface area contributed by atoms with Crippen molar-refractivity contribution >= 4 is 16.8 Å². The van der Waals surface area contributed by atoms with Crippen LogP contribution in [0.1, 0.15) is 43.1 Å². The number of H-pyrrole nitrogens is 1. The average molecular weight is 286 g/mol. The maximum atomic E-state index is 12.2. The highest BCUT2D eigenvalue weighted by atomic mass is 16.3. The monoisotopic (exact) mass is 286 g/mol. The molecule has 0 saturated heterocycles. The fourth-order valence-electron chi connectivity index (χ4n) is 3.33. The summed E-state index contributed by atoms with van der Waals surface area (Å²) in [4.78, 5) is 15.3. The van der Waals surface area contributed by atoms with E-state index >= 15 is 0 Å². The first-order chi connectivity index (χ1) is 10.1. The number of fused-ring (bicyclic) bond motifs is 1. The van der Waals surface area contributed by atoms with E-state index in [1.165, 1.54) is 0 Å². The van der Waals surface area contributed by atoms with Gasteiger partial charge in [0.1, 0.15) is 5.69 Å². The molecular formula is C17H22N2O2. The molecule has 1 fully saturated rings. The second-order valence-electron chi connectivity index (χ2n) is 6.38. The number of carbonyl (C=O) groups excluding carboxylic acids is 1. The van der Waals surface area contributed by atoms with Crippen molar-refractivity contribution in [2.24, 2.45) is 5.92 Å². The molecule has 2 unspecified atom stereocenters. The van der Waals surface area contributed by atoms with E-state index in [4.69, 9.17) is 0 Å². The van der Waals surface area contributed by atoms with Crippen LogP contribution in [-0.4, -0.2) is 28.1 Å². The Kier molecular flexibility index (Phi) is 3.72. The summed E-state index contributed by atoms with van der Waals surface area (Å²) < 4.78 is 0. The Hall–Kier alpha value is -1.81. The van der Waals surface area contributed by atoms with Gasteiger partial charge in [0.15, 0.2) is 0 Å². The Balaban J connectivity index is 1.66. The van der Waals surface area contributed by atoms with Gasteiger partial charge in [0, 0.05) is 17.4 Å². The van der Waals surface area contributed by atoms with Crippen LogP contribution in [0.5, 0.6) is 0 Å². The average Bonchev–Trinajstić information content (AvgIpc) is 2.88. The van der Waals surface area contributed by atoms with Gasteiger partial charge in [-0.05, 0) is 30.9 Å². The van der Waals surface area contributed by atoms with Gasteiger partial charge < -0.3 is 15.4 Å². The number of aromatic nitrogens is 1. The molecule has 1 aromatic heterocycles. The number of amides is 1. The lowest BCUT2D eigenvalue weighted by atomic mass is 9.79. The standard InChI is InChI=1S/C17H22N2O2/c1-12-5-4-8-17(21,10-12)11-18-16(20)15-9-13-6-2-3-7-14(13)19-15/h2-3,6-7,9,12,19,21H,4-5,8,10-11H2,1H3,(H,18,20). The number of para-hydroxylation sites is 1. The number of rotatable bonds is 3. The Morgan fingerprint density at radius 3 is 3.05 bits per heavy atom. The lowest BCUT2D eigenvalue weighted by Gasteiger charge is -2.35. The van der Waals surface area contributed by atoms with Gasteiger partial charge in [-0.3, -0.25) is 4.79 Å². The van der Waals surface area contributed by atoms with Gasteiger partial charge in [-0.15, -0.1) is 0 Å². The number of nitrogens with one attached hydrogen (secondary N) is 2. The molecule has 2 atom stereocenters. The number of hydrogen-bond acceptors (Lipinski definition) is 2. The zero-order valence-electron chi connectivity index (χ0n) is 12.4. The molecule has 1 aromatic carbocycles. The molecule has 4 nitrogen and oxygen atoms in total. The summed E-state index contributed by atoms with van der Waals surface area (Å²) in [5.41, 5.74) is 0.746. The minimum absolute atomic E-state index is 0.155. The number of hydrogen-bond donors (Lipinski definition) is 3.